The van der Waals surface area contributed by atoms with Crippen molar-refractivity contribution in [2.24, 2.45) is 5.92 Å². The van der Waals surface area contributed by atoms with Crippen LogP contribution in [0.4, 0.5) is 0 Å². The highest BCUT2D eigenvalue weighted by Crippen LogP contribution is 2.17. The Morgan fingerprint density at radius 1 is 1.40 bits per heavy atom. The molecule has 2 rings (SSSR count). The molecule has 0 aromatic carbocycles. The molecule has 1 saturated heterocycles. The second kappa shape index (κ2) is 5.26. The highest BCUT2D eigenvalue weighted by Gasteiger charge is 2.13. The van der Waals surface area contributed by atoms with Crippen LogP contribution in [-0.2, 0) is 6.54 Å². The molecule has 1 aliphatic heterocycles. The Labute approximate surface area is 92.3 Å². The van der Waals surface area contributed by atoms with Crippen LogP contribution in [0.2, 0.25) is 0 Å². The minimum atomic E-state index is 0.906. The van der Waals surface area contributed by atoms with Gasteiger partial charge in [-0.3, -0.25) is 9.88 Å². The smallest absolute Gasteiger partial charge is 0.0312 e. The van der Waals surface area contributed by atoms with E-state index in [4.69, 9.17) is 0 Å². The predicted molar refractivity (Wildman–Crippen MR) is 62.5 cm³/mol. The van der Waals surface area contributed by atoms with E-state index in [0.29, 0.717) is 0 Å². The van der Waals surface area contributed by atoms with Crippen LogP contribution in [0.15, 0.2) is 24.5 Å². The fourth-order valence-corrected chi connectivity index (χ4v) is 2.23. The van der Waals surface area contributed by atoms with Gasteiger partial charge in [-0.1, -0.05) is 13.0 Å². The van der Waals surface area contributed by atoms with E-state index in [1.807, 2.05) is 18.5 Å². The maximum Gasteiger partial charge on any atom is 0.0312 e. The Hall–Kier alpha value is -0.890. The Balaban J connectivity index is 1.89. The average molecular weight is 204 g/mol. The minimum Gasteiger partial charge on any atom is -0.299 e. The molecule has 2 heteroatoms. The maximum absolute atomic E-state index is 4.16. The lowest BCUT2D eigenvalue weighted by atomic mass is 10.0. The van der Waals surface area contributed by atoms with Crippen LogP contribution >= 0.6 is 0 Å². The predicted octanol–water partition coefficient (Wildman–Crippen LogP) is 2.70. The highest BCUT2D eigenvalue weighted by atomic mass is 15.1. The molecular weight excluding hydrogens is 184 g/mol. The zero-order chi connectivity index (χ0) is 10.5. The van der Waals surface area contributed by atoms with E-state index >= 15 is 0 Å². The van der Waals surface area contributed by atoms with Crippen molar-refractivity contribution in [3.05, 3.63) is 30.1 Å². The van der Waals surface area contributed by atoms with E-state index in [2.05, 4.69) is 22.9 Å². The molecule has 1 fully saturated rings. The summed E-state index contributed by atoms with van der Waals surface area (Å²) in [5, 5.41) is 0. The molecule has 0 N–H and O–H groups in total. The van der Waals surface area contributed by atoms with E-state index in [1.165, 1.54) is 37.9 Å². The third-order valence-corrected chi connectivity index (χ3v) is 3.24. The summed E-state index contributed by atoms with van der Waals surface area (Å²) in [5.41, 5.74) is 1.34. The fraction of sp³-hybridized carbons (Fsp3) is 0.615. The molecule has 2 heterocycles. The first kappa shape index (κ1) is 10.6. The first-order valence-corrected chi connectivity index (χ1v) is 5.96. The van der Waals surface area contributed by atoms with Gasteiger partial charge in [0.1, 0.15) is 0 Å². The quantitative estimate of drug-likeness (QED) is 0.736. The van der Waals surface area contributed by atoms with E-state index in [0.717, 1.165) is 12.5 Å². The normalized spacial score (nSPS) is 23.7. The van der Waals surface area contributed by atoms with E-state index < -0.39 is 0 Å². The molecule has 0 aliphatic carbocycles. The number of hydrogen-bond acceptors (Lipinski definition) is 2. The van der Waals surface area contributed by atoms with Crippen LogP contribution in [0.25, 0.3) is 0 Å². The van der Waals surface area contributed by atoms with Gasteiger partial charge in [-0.25, -0.2) is 0 Å². The van der Waals surface area contributed by atoms with Crippen molar-refractivity contribution in [1.82, 2.24) is 9.88 Å². The SMILES string of the molecule is CC1CCCN(Cc2cccnc2)CC1. The number of hydrogen-bond donors (Lipinski definition) is 0. The molecule has 0 spiro atoms. The third-order valence-electron chi connectivity index (χ3n) is 3.24. The van der Waals surface area contributed by atoms with Gasteiger partial charge in [-0.15, -0.1) is 0 Å². The van der Waals surface area contributed by atoms with Crippen molar-refractivity contribution in [2.75, 3.05) is 13.1 Å². The van der Waals surface area contributed by atoms with Crippen molar-refractivity contribution in [3.8, 4) is 0 Å². The maximum atomic E-state index is 4.16. The van der Waals surface area contributed by atoms with Crippen LogP contribution in [-0.4, -0.2) is 23.0 Å². The van der Waals surface area contributed by atoms with Gasteiger partial charge in [0, 0.05) is 18.9 Å². The summed E-state index contributed by atoms with van der Waals surface area (Å²) >= 11 is 0. The molecule has 1 atom stereocenters. The highest BCUT2D eigenvalue weighted by molar-refractivity contribution is 5.08. The third kappa shape index (κ3) is 3.31. The molecule has 1 aromatic rings. The lowest BCUT2D eigenvalue weighted by Gasteiger charge is -2.19. The number of rotatable bonds is 2. The second-order valence-electron chi connectivity index (χ2n) is 4.67. The van der Waals surface area contributed by atoms with Gasteiger partial charge >= 0.3 is 0 Å². The molecule has 82 valence electrons. The molecule has 0 radical (unpaired) electrons. The van der Waals surface area contributed by atoms with Gasteiger partial charge in [0.2, 0.25) is 0 Å². The van der Waals surface area contributed by atoms with Crippen molar-refractivity contribution in [3.63, 3.8) is 0 Å². The lowest BCUT2D eigenvalue weighted by Crippen LogP contribution is -2.24. The first-order chi connectivity index (χ1) is 7.34. The van der Waals surface area contributed by atoms with Crippen LogP contribution in [0.5, 0.6) is 0 Å². The van der Waals surface area contributed by atoms with E-state index in [-0.39, 0.29) is 0 Å². The molecule has 0 bridgehead atoms. The van der Waals surface area contributed by atoms with Gasteiger partial charge in [0.15, 0.2) is 0 Å². The molecule has 2 nitrogen and oxygen atoms in total. The number of nitrogens with zero attached hydrogens (tertiary/aromatic N) is 2. The topological polar surface area (TPSA) is 16.1 Å². The van der Waals surface area contributed by atoms with E-state index in [9.17, 15) is 0 Å². The Morgan fingerprint density at radius 2 is 2.33 bits per heavy atom. The average Bonchev–Trinajstić information content (AvgIpc) is 2.46. The molecule has 1 unspecified atom stereocenters. The molecule has 15 heavy (non-hydrogen) atoms. The van der Waals surface area contributed by atoms with Crippen LogP contribution in [0.1, 0.15) is 31.7 Å². The Morgan fingerprint density at radius 3 is 3.13 bits per heavy atom. The number of aromatic nitrogens is 1. The fourth-order valence-electron chi connectivity index (χ4n) is 2.23. The lowest BCUT2D eigenvalue weighted by molar-refractivity contribution is 0.273. The number of pyridine rings is 1. The van der Waals surface area contributed by atoms with Gasteiger partial charge in [0.05, 0.1) is 0 Å². The molecule has 1 aliphatic rings. The summed E-state index contributed by atoms with van der Waals surface area (Å²) < 4.78 is 0. The Bertz CT molecular complexity index is 284. The summed E-state index contributed by atoms with van der Waals surface area (Å²) in [5.74, 6) is 0.906. The molecule has 0 amide bonds. The van der Waals surface area contributed by atoms with Crippen molar-refractivity contribution in [1.29, 1.82) is 0 Å². The number of likely N-dealkylation sites (tertiary alicyclic amines) is 1. The summed E-state index contributed by atoms with van der Waals surface area (Å²) in [6, 6.07) is 4.19. The summed E-state index contributed by atoms with van der Waals surface area (Å²) in [6.45, 7) is 5.93. The standard InChI is InChI=1S/C13H20N2/c1-12-4-3-8-15(9-6-12)11-13-5-2-7-14-10-13/h2,5,7,10,12H,3-4,6,8-9,11H2,1H3. The summed E-state index contributed by atoms with van der Waals surface area (Å²) in [6.07, 6.45) is 7.91. The molecule has 0 saturated carbocycles. The first-order valence-electron chi connectivity index (χ1n) is 5.96. The zero-order valence-electron chi connectivity index (χ0n) is 9.52. The summed E-state index contributed by atoms with van der Waals surface area (Å²) in [4.78, 5) is 6.72. The Kier molecular flexibility index (Phi) is 3.73. The monoisotopic (exact) mass is 204 g/mol. The van der Waals surface area contributed by atoms with Gasteiger partial charge in [-0.05, 0) is 49.9 Å². The summed E-state index contributed by atoms with van der Waals surface area (Å²) in [7, 11) is 0. The molecule has 1 aromatic heterocycles. The largest absolute Gasteiger partial charge is 0.299 e. The van der Waals surface area contributed by atoms with Crippen LogP contribution in [0.3, 0.4) is 0 Å². The van der Waals surface area contributed by atoms with Crippen LogP contribution < -0.4 is 0 Å². The molecular formula is C13H20N2. The second-order valence-corrected chi connectivity index (χ2v) is 4.67. The van der Waals surface area contributed by atoms with Crippen molar-refractivity contribution >= 4 is 0 Å². The van der Waals surface area contributed by atoms with Gasteiger partial charge in [-0.2, -0.15) is 0 Å². The van der Waals surface area contributed by atoms with Crippen molar-refractivity contribution in [2.45, 2.75) is 32.7 Å². The van der Waals surface area contributed by atoms with E-state index in [1.54, 1.807) is 0 Å². The van der Waals surface area contributed by atoms with Gasteiger partial charge in [0.25, 0.3) is 0 Å². The zero-order valence-corrected chi connectivity index (χ0v) is 9.52. The van der Waals surface area contributed by atoms with Crippen LogP contribution in [0, 0.1) is 5.92 Å². The van der Waals surface area contributed by atoms with Gasteiger partial charge < -0.3 is 0 Å². The minimum absolute atomic E-state index is 0.906. The van der Waals surface area contributed by atoms with Crippen molar-refractivity contribution < 1.29 is 0 Å².